The van der Waals surface area contributed by atoms with Gasteiger partial charge in [-0.25, -0.2) is 8.42 Å². The monoisotopic (exact) mass is 276 g/mol. The second-order valence-electron chi connectivity index (χ2n) is 4.03. The zero-order valence-corrected chi connectivity index (χ0v) is 11.0. The van der Waals surface area contributed by atoms with Gasteiger partial charge in [-0.1, -0.05) is 0 Å². The molecule has 0 radical (unpaired) electrons. The Balaban J connectivity index is 4.69. The number of alkyl halides is 3. The van der Waals surface area contributed by atoms with Crippen LogP contribution in [0.15, 0.2) is 0 Å². The maximum Gasteiger partial charge on any atom is 0.402 e. The summed E-state index contributed by atoms with van der Waals surface area (Å²) in [6, 6.07) is -0.698. The molecule has 0 bridgehead atoms. The van der Waals surface area contributed by atoms with Crippen molar-refractivity contribution in [2.24, 2.45) is 0 Å². The lowest BCUT2D eigenvalue weighted by Gasteiger charge is -2.26. The number of hydrogen-bond acceptors (Lipinski definition) is 3. The van der Waals surface area contributed by atoms with Gasteiger partial charge in [-0.2, -0.15) is 17.5 Å². The third-order valence-corrected chi connectivity index (χ3v) is 4.17. The Labute approximate surface area is 100 Å². The Morgan fingerprint density at radius 3 is 2.18 bits per heavy atom. The quantitative estimate of drug-likeness (QED) is 0.711. The first-order chi connectivity index (χ1) is 7.60. The third-order valence-electron chi connectivity index (χ3n) is 2.10. The molecular weight excluding hydrogens is 257 g/mol. The zero-order chi connectivity index (χ0) is 13.7. The van der Waals surface area contributed by atoms with Crippen molar-refractivity contribution >= 4 is 10.0 Å². The molecule has 0 rings (SSSR count). The molecule has 0 amide bonds. The first kappa shape index (κ1) is 16.7. The van der Waals surface area contributed by atoms with E-state index in [1.807, 2.05) is 0 Å². The van der Waals surface area contributed by atoms with Crippen molar-refractivity contribution in [1.82, 2.24) is 9.62 Å². The SMILES string of the molecule is CNCCCS(=O)(=O)N(CC(F)(F)F)C(C)C. The topological polar surface area (TPSA) is 49.4 Å². The molecule has 1 N–H and O–H groups in total. The van der Waals surface area contributed by atoms with E-state index in [2.05, 4.69) is 5.32 Å². The van der Waals surface area contributed by atoms with Crippen molar-refractivity contribution < 1.29 is 21.6 Å². The van der Waals surface area contributed by atoms with Crippen LogP contribution in [0, 0.1) is 0 Å². The van der Waals surface area contributed by atoms with Gasteiger partial charge < -0.3 is 5.32 Å². The first-order valence-electron chi connectivity index (χ1n) is 5.31. The van der Waals surface area contributed by atoms with Crippen LogP contribution in [0.25, 0.3) is 0 Å². The van der Waals surface area contributed by atoms with Crippen LogP contribution in [0.5, 0.6) is 0 Å². The lowest BCUT2D eigenvalue weighted by atomic mass is 10.4. The van der Waals surface area contributed by atoms with Crippen LogP contribution in [-0.2, 0) is 10.0 Å². The van der Waals surface area contributed by atoms with Crippen molar-refractivity contribution in [2.45, 2.75) is 32.5 Å². The molecule has 0 aromatic rings. The molecule has 0 aliphatic heterocycles. The second kappa shape index (κ2) is 6.55. The Kier molecular flexibility index (Phi) is 6.42. The molecule has 4 nitrogen and oxygen atoms in total. The Morgan fingerprint density at radius 1 is 1.29 bits per heavy atom. The van der Waals surface area contributed by atoms with E-state index in [1.165, 1.54) is 13.8 Å². The Bertz CT molecular complexity index is 315. The molecule has 0 spiro atoms. The summed E-state index contributed by atoms with van der Waals surface area (Å²) in [6.07, 6.45) is -4.22. The molecule has 0 atom stereocenters. The van der Waals surface area contributed by atoms with Gasteiger partial charge in [0.05, 0.1) is 5.75 Å². The normalized spacial score (nSPS) is 13.6. The standard InChI is InChI=1S/C9H19F3N2O2S/c1-8(2)14(7-9(10,11)12)17(15,16)6-4-5-13-3/h8,13H,4-7H2,1-3H3. The molecule has 0 aromatic heterocycles. The summed E-state index contributed by atoms with van der Waals surface area (Å²) in [5.41, 5.74) is 0. The fourth-order valence-corrected chi connectivity index (χ4v) is 3.06. The van der Waals surface area contributed by atoms with Crippen molar-refractivity contribution in [3.05, 3.63) is 0 Å². The van der Waals surface area contributed by atoms with Crippen molar-refractivity contribution in [3.8, 4) is 0 Å². The van der Waals surface area contributed by atoms with Gasteiger partial charge in [0.15, 0.2) is 0 Å². The number of sulfonamides is 1. The largest absolute Gasteiger partial charge is 0.402 e. The minimum Gasteiger partial charge on any atom is -0.320 e. The van der Waals surface area contributed by atoms with Gasteiger partial charge in [0.25, 0.3) is 0 Å². The minimum absolute atomic E-state index is 0.276. The number of hydrogen-bond donors (Lipinski definition) is 1. The van der Waals surface area contributed by atoms with Crippen LogP contribution < -0.4 is 5.32 Å². The predicted molar refractivity (Wildman–Crippen MR) is 60.2 cm³/mol. The maximum atomic E-state index is 12.3. The van der Waals surface area contributed by atoms with E-state index in [9.17, 15) is 21.6 Å². The molecule has 0 unspecified atom stereocenters. The molecule has 0 fully saturated rings. The van der Waals surface area contributed by atoms with E-state index >= 15 is 0 Å². The van der Waals surface area contributed by atoms with Crippen LogP contribution in [0.1, 0.15) is 20.3 Å². The second-order valence-corrected chi connectivity index (χ2v) is 6.07. The highest BCUT2D eigenvalue weighted by Crippen LogP contribution is 2.20. The molecule has 0 aliphatic carbocycles. The summed E-state index contributed by atoms with van der Waals surface area (Å²) in [7, 11) is -2.20. The molecule has 8 heteroatoms. The third kappa shape index (κ3) is 6.85. The summed E-state index contributed by atoms with van der Waals surface area (Å²) < 4.78 is 60.7. The first-order valence-corrected chi connectivity index (χ1v) is 6.92. The van der Waals surface area contributed by atoms with Crippen LogP contribution in [0.4, 0.5) is 13.2 Å². The molecule has 0 saturated carbocycles. The number of nitrogens with zero attached hydrogens (tertiary/aromatic N) is 1. The van der Waals surface area contributed by atoms with Crippen molar-refractivity contribution in [3.63, 3.8) is 0 Å². The van der Waals surface area contributed by atoms with Gasteiger partial charge in [0.1, 0.15) is 6.54 Å². The number of rotatable bonds is 7. The lowest BCUT2D eigenvalue weighted by molar-refractivity contribution is -0.138. The van der Waals surface area contributed by atoms with Gasteiger partial charge in [-0.15, -0.1) is 0 Å². The summed E-state index contributed by atoms with van der Waals surface area (Å²) in [4.78, 5) is 0. The van der Waals surface area contributed by atoms with E-state index < -0.39 is 28.8 Å². The van der Waals surface area contributed by atoms with Gasteiger partial charge >= 0.3 is 6.18 Å². The van der Waals surface area contributed by atoms with Gasteiger partial charge in [-0.05, 0) is 33.9 Å². The highest BCUT2D eigenvalue weighted by molar-refractivity contribution is 7.89. The van der Waals surface area contributed by atoms with Crippen molar-refractivity contribution in [1.29, 1.82) is 0 Å². The highest BCUT2D eigenvalue weighted by Gasteiger charge is 2.37. The van der Waals surface area contributed by atoms with Gasteiger partial charge in [-0.3, -0.25) is 0 Å². The Morgan fingerprint density at radius 2 is 1.82 bits per heavy atom. The van der Waals surface area contributed by atoms with Crippen LogP contribution in [0.2, 0.25) is 0 Å². The molecular formula is C9H19F3N2O2S. The van der Waals surface area contributed by atoms with Crippen LogP contribution in [0.3, 0.4) is 0 Å². The smallest absolute Gasteiger partial charge is 0.320 e. The van der Waals surface area contributed by atoms with E-state index in [4.69, 9.17) is 0 Å². The molecule has 0 aromatic carbocycles. The zero-order valence-electron chi connectivity index (χ0n) is 10.2. The predicted octanol–water partition coefficient (Wildman–Crippen LogP) is 1.20. The average molecular weight is 276 g/mol. The van der Waals surface area contributed by atoms with E-state index in [0.717, 1.165) is 0 Å². The lowest BCUT2D eigenvalue weighted by Crippen LogP contribution is -2.44. The molecule has 0 saturated heterocycles. The molecule has 0 heterocycles. The van der Waals surface area contributed by atoms with Gasteiger partial charge in [0, 0.05) is 6.04 Å². The Hall–Kier alpha value is -0.340. The summed E-state index contributed by atoms with van der Waals surface area (Å²) >= 11 is 0. The summed E-state index contributed by atoms with van der Waals surface area (Å²) in [6.45, 7) is 1.90. The number of nitrogens with one attached hydrogen (secondary N) is 1. The van der Waals surface area contributed by atoms with Gasteiger partial charge in [0.2, 0.25) is 10.0 Å². The number of halogens is 3. The minimum atomic E-state index is -4.51. The fourth-order valence-electron chi connectivity index (χ4n) is 1.33. The summed E-state index contributed by atoms with van der Waals surface area (Å²) in [5.74, 6) is -0.276. The summed E-state index contributed by atoms with van der Waals surface area (Å²) in [5, 5.41) is 2.75. The fraction of sp³-hybridized carbons (Fsp3) is 1.00. The van der Waals surface area contributed by atoms with Crippen molar-refractivity contribution in [2.75, 3.05) is 25.9 Å². The average Bonchev–Trinajstić information content (AvgIpc) is 2.12. The van der Waals surface area contributed by atoms with E-state index in [-0.39, 0.29) is 5.75 Å². The maximum absolute atomic E-state index is 12.3. The van der Waals surface area contributed by atoms with Crippen LogP contribution in [-0.4, -0.2) is 50.8 Å². The molecule has 17 heavy (non-hydrogen) atoms. The molecule has 0 aliphatic rings. The van der Waals surface area contributed by atoms with E-state index in [0.29, 0.717) is 17.3 Å². The highest BCUT2D eigenvalue weighted by atomic mass is 32.2. The van der Waals surface area contributed by atoms with Crippen LogP contribution >= 0.6 is 0 Å². The van der Waals surface area contributed by atoms with E-state index in [1.54, 1.807) is 7.05 Å². The molecule has 104 valence electrons.